The first-order valence-electron chi connectivity index (χ1n) is 3.80. The summed E-state index contributed by atoms with van der Waals surface area (Å²) in [5.74, 6) is 0. The first-order valence-corrected chi connectivity index (χ1v) is 5.20. The van der Waals surface area contributed by atoms with E-state index in [4.69, 9.17) is 5.11 Å². The number of nitrogens with zero attached hydrogens (tertiary/aromatic N) is 2. The number of aliphatic hydroxyl groups excluding tert-OH is 1. The van der Waals surface area contributed by atoms with Crippen LogP contribution in [0, 0.1) is 0 Å². The SMILES string of the molecule is CN(C)S(=O)(=O)N1CCC(O)C1. The van der Waals surface area contributed by atoms with Crippen LogP contribution in [0.4, 0.5) is 0 Å². The van der Waals surface area contributed by atoms with Crippen LogP contribution in [0.25, 0.3) is 0 Å². The third-order valence-electron chi connectivity index (χ3n) is 1.91. The molecule has 0 spiro atoms. The van der Waals surface area contributed by atoms with Gasteiger partial charge in [0.2, 0.25) is 0 Å². The number of rotatable bonds is 2. The van der Waals surface area contributed by atoms with Crippen molar-refractivity contribution >= 4 is 10.2 Å². The minimum atomic E-state index is -3.30. The Morgan fingerprint density at radius 1 is 1.50 bits per heavy atom. The summed E-state index contributed by atoms with van der Waals surface area (Å²) in [6.07, 6.45) is 0.0345. The molecular formula is C6H14N2O3S. The largest absolute Gasteiger partial charge is 0.392 e. The van der Waals surface area contributed by atoms with Crippen molar-refractivity contribution in [2.75, 3.05) is 27.2 Å². The second-order valence-corrected chi connectivity index (χ2v) is 5.23. The van der Waals surface area contributed by atoms with Crippen molar-refractivity contribution in [1.29, 1.82) is 0 Å². The quantitative estimate of drug-likeness (QED) is 0.604. The van der Waals surface area contributed by atoms with Gasteiger partial charge in [0.25, 0.3) is 10.2 Å². The summed E-state index contributed by atoms with van der Waals surface area (Å²) < 4.78 is 25.3. The second-order valence-electron chi connectivity index (χ2n) is 3.09. The number of β-amino-alcohol motifs (C(OH)–C–C–N with tert-alkyl or cyclic N) is 1. The van der Waals surface area contributed by atoms with E-state index < -0.39 is 16.3 Å². The van der Waals surface area contributed by atoms with Crippen LogP contribution in [-0.2, 0) is 10.2 Å². The standard InChI is InChI=1S/C6H14N2O3S/c1-7(2)12(10,11)8-4-3-6(9)5-8/h6,9H,3-5H2,1-2H3. The van der Waals surface area contributed by atoms with Gasteiger partial charge in [0.1, 0.15) is 0 Å². The highest BCUT2D eigenvalue weighted by Gasteiger charge is 2.31. The molecule has 1 atom stereocenters. The summed E-state index contributed by atoms with van der Waals surface area (Å²) in [5.41, 5.74) is 0. The van der Waals surface area contributed by atoms with Gasteiger partial charge in [-0.3, -0.25) is 0 Å². The van der Waals surface area contributed by atoms with Crippen LogP contribution >= 0.6 is 0 Å². The molecule has 0 amide bonds. The van der Waals surface area contributed by atoms with Crippen LogP contribution in [0.1, 0.15) is 6.42 Å². The summed E-state index contributed by atoms with van der Waals surface area (Å²) in [4.78, 5) is 0. The number of hydrogen-bond donors (Lipinski definition) is 1. The Bertz CT molecular complexity index is 250. The molecular weight excluding hydrogens is 180 g/mol. The van der Waals surface area contributed by atoms with Crippen molar-refractivity contribution < 1.29 is 13.5 Å². The molecule has 1 saturated heterocycles. The molecule has 0 aromatic heterocycles. The van der Waals surface area contributed by atoms with E-state index in [9.17, 15) is 8.42 Å². The van der Waals surface area contributed by atoms with E-state index in [-0.39, 0.29) is 6.54 Å². The molecule has 12 heavy (non-hydrogen) atoms. The molecule has 1 heterocycles. The van der Waals surface area contributed by atoms with Crippen molar-refractivity contribution in [3.05, 3.63) is 0 Å². The first kappa shape index (κ1) is 9.91. The molecule has 1 rings (SSSR count). The molecule has 0 bridgehead atoms. The zero-order valence-electron chi connectivity index (χ0n) is 7.27. The molecule has 6 heteroatoms. The average Bonchev–Trinajstić information content (AvgIpc) is 2.35. The van der Waals surface area contributed by atoms with Gasteiger partial charge in [0.15, 0.2) is 0 Å². The molecule has 1 aliphatic heterocycles. The Hall–Kier alpha value is -0.170. The molecule has 1 unspecified atom stereocenters. The van der Waals surface area contributed by atoms with E-state index in [0.29, 0.717) is 13.0 Å². The highest BCUT2D eigenvalue weighted by atomic mass is 32.2. The van der Waals surface area contributed by atoms with E-state index in [1.54, 1.807) is 0 Å². The van der Waals surface area contributed by atoms with Gasteiger partial charge in [-0.15, -0.1) is 0 Å². The summed E-state index contributed by atoms with van der Waals surface area (Å²) in [7, 11) is -0.331. The van der Waals surface area contributed by atoms with Gasteiger partial charge >= 0.3 is 0 Å². The fraction of sp³-hybridized carbons (Fsp3) is 1.00. The molecule has 0 aromatic carbocycles. The molecule has 0 saturated carbocycles. The Morgan fingerprint density at radius 2 is 2.08 bits per heavy atom. The Morgan fingerprint density at radius 3 is 2.42 bits per heavy atom. The zero-order valence-corrected chi connectivity index (χ0v) is 8.08. The van der Waals surface area contributed by atoms with Crippen LogP contribution in [0.3, 0.4) is 0 Å². The topological polar surface area (TPSA) is 60.9 Å². The third kappa shape index (κ3) is 1.77. The van der Waals surface area contributed by atoms with Gasteiger partial charge in [-0.1, -0.05) is 0 Å². The van der Waals surface area contributed by atoms with Crippen molar-refractivity contribution in [2.24, 2.45) is 0 Å². The lowest BCUT2D eigenvalue weighted by molar-refractivity contribution is 0.188. The van der Waals surface area contributed by atoms with Gasteiger partial charge in [0, 0.05) is 27.2 Å². The van der Waals surface area contributed by atoms with Crippen LogP contribution < -0.4 is 0 Å². The minimum Gasteiger partial charge on any atom is -0.392 e. The van der Waals surface area contributed by atoms with Gasteiger partial charge < -0.3 is 5.11 Å². The van der Waals surface area contributed by atoms with Crippen molar-refractivity contribution in [3.8, 4) is 0 Å². The van der Waals surface area contributed by atoms with Crippen LogP contribution in [-0.4, -0.2) is 55.4 Å². The molecule has 5 nitrogen and oxygen atoms in total. The van der Waals surface area contributed by atoms with E-state index >= 15 is 0 Å². The minimum absolute atomic E-state index is 0.223. The van der Waals surface area contributed by atoms with E-state index in [0.717, 1.165) is 4.31 Å². The summed E-state index contributed by atoms with van der Waals surface area (Å²) >= 11 is 0. The van der Waals surface area contributed by atoms with Gasteiger partial charge in [-0.2, -0.15) is 17.0 Å². The predicted molar refractivity (Wildman–Crippen MR) is 44.8 cm³/mol. The maximum atomic E-state index is 11.4. The predicted octanol–water partition coefficient (Wildman–Crippen LogP) is -1.14. The number of hydrogen-bond acceptors (Lipinski definition) is 3. The maximum Gasteiger partial charge on any atom is 0.281 e. The summed E-state index contributed by atoms with van der Waals surface area (Å²) in [6, 6.07) is 0. The van der Waals surface area contributed by atoms with Crippen molar-refractivity contribution in [3.63, 3.8) is 0 Å². The van der Waals surface area contributed by atoms with Crippen LogP contribution in [0.5, 0.6) is 0 Å². The van der Waals surface area contributed by atoms with Gasteiger partial charge in [0.05, 0.1) is 6.10 Å². The van der Waals surface area contributed by atoms with Crippen LogP contribution in [0.2, 0.25) is 0 Å². The van der Waals surface area contributed by atoms with E-state index in [1.165, 1.54) is 18.4 Å². The lowest BCUT2D eigenvalue weighted by atomic mass is 10.3. The van der Waals surface area contributed by atoms with E-state index in [1.807, 2.05) is 0 Å². The fourth-order valence-corrected chi connectivity index (χ4v) is 2.31. The van der Waals surface area contributed by atoms with Crippen LogP contribution in [0.15, 0.2) is 0 Å². The average molecular weight is 194 g/mol. The summed E-state index contributed by atoms with van der Waals surface area (Å²) in [6.45, 7) is 0.641. The van der Waals surface area contributed by atoms with Crippen molar-refractivity contribution in [1.82, 2.24) is 8.61 Å². The maximum absolute atomic E-state index is 11.4. The molecule has 1 aliphatic rings. The normalized spacial score (nSPS) is 26.8. The first-order chi connectivity index (χ1) is 5.44. The number of aliphatic hydroxyl groups is 1. The zero-order chi connectivity index (χ0) is 9.35. The molecule has 72 valence electrons. The lowest BCUT2D eigenvalue weighted by Crippen LogP contribution is -2.38. The monoisotopic (exact) mass is 194 g/mol. The van der Waals surface area contributed by atoms with Crippen molar-refractivity contribution in [2.45, 2.75) is 12.5 Å². The Labute approximate surface area is 72.8 Å². The molecule has 1 N–H and O–H groups in total. The highest BCUT2D eigenvalue weighted by Crippen LogP contribution is 2.14. The van der Waals surface area contributed by atoms with E-state index in [2.05, 4.69) is 0 Å². The third-order valence-corrected chi connectivity index (χ3v) is 3.82. The molecule has 0 radical (unpaired) electrons. The Kier molecular flexibility index (Phi) is 2.72. The Balaban J connectivity index is 2.71. The summed E-state index contributed by atoms with van der Waals surface area (Å²) in [5, 5.41) is 9.12. The van der Waals surface area contributed by atoms with Gasteiger partial charge in [-0.05, 0) is 6.42 Å². The molecule has 0 aromatic rings. The highest BCUT2D eigenvalue weighted by molar-refractivity contribution is 7.86. The lowest BCUT2D eigenvalue weighted by Gasteiger charge is -2.19. The smallest absolute Gasteiger partial charge is 0.281 e. The molecule has 1 fully saturated rings. The second kappa shape index (κ2) is 3.29. The van der Waals surface area contributed by atoms with Gasteiger partial charge in [-0.25, -0.2) is 0 Å². The fourth-order valence-electron chi connectivity index (χ4n) is 1.15. The molecule has 0 aliphatic carbocycles.